The third-order valence-corrected chi connectivity index (χ3v) is 7.67. The number of hydrogen-bond acceptors (Lipinski definition) is 5. The fourth-order valence-corrected chi connectivity index (χ4v) is 6.01. The molecule has 122 valence electrons. The van der Waals surface area contributed by atoms with E-state index < -0.39 is 15.3 Å². The van der Waals surface area contributed by atoms with Gasteiger partial charge in [-0.3, -0.25) is 4.79 Å². The predicted octanol–water partition coefficient (Wildman–Crippen LogP) is 2.29. The highest BCUT2D eigenvalue weighted by atomic mass is 32.2. The van der Waals surface area contributed by atoms with Gasteiger partial charge in [-0.15, -0.1) is 11.3 Å². The molecule has 0 bridgehead atoms. The van der Waals surface area contributed by atoms with Crippen molar-refractivity contribution < 1.29 is 17.9 Å². The number of carbonyl (C=O) groups is 1. The van der Waals surface area contributed by atoms with E-state index in [2.05, 4.69) is 0 Å². The molecule has 0 unspecified atom stereocenters. The van der Waals surface area contributed by atoms with Gasteiger partial charge >= 0.3 is 0 Å². The van der Waals surface area contributed by atoms with Crippen LogP contribution < -0.4 is 0 Å². The van der Waals surface area contributed by atoms with Crippen LogP contribution in [0.4, 0.5) is 0 Å². The number of ketones is 1. The van der Waals surface area contributed by atoms with Gasteiger partial charge in [0.1, 0.15) is 0 Å². The van der Waals surface area contributed by atoms with Crippen molar-refractivity contribution in [3.8, 4) is 0 Å². The summed E-state index contributed by atoms with van der Waals surface area (Å²) in [4.78, 5) is 13.0. The topological polar surface area (TPSA) is 63.7 Å². The van der Waals surface area contributed by atoms with Crippen LogP contribution in [0.2, 0.25) is 0 Å². The summed E-state index contributed by atoms with van der Waals surface area (Å²) < 4.78 is 32.5. The highest BCUT2D eigenvalue weighted by Gasteiger charge is 2.40. The molecule has 22 heavy (non-hydrogen) atoms. The third-order valence-electron chi connectivity index (χ3n) is 4.41. The number of sulfonamides is 1. The van der Waals surface area contributed by atoms with E-state index in [0.29, 0.717) is 24.4 Å². The van der Waals surface area contributed by atoms with E-state index in [0.717, 1.165) is 19.3 Å². The van der Waals surface area contributed by atoms with Crippen molar-refractivity contribution in [3.05, 3.63) is 22.4 Å². The first-order valence-electron chi connectivity index (χ1n) is 7.74. The molecule has 7 heteroatoms. The molecule has 0 spiro atoms. The van der Waals surface area contributed by atoms with Crippen LogP contribution >= 0.6 is 11.3 Å². The lowest BCUT2D eigenvalue weighted by Gasteiger charge is -2.30. The average Bonchev–Trinajstić information content (AvgIpc) is 3.19. The minimum atomic E-state index is -3.37. The van der Waals surface area contributed by atoms with Gasteiger partial charge in [0.25, 0.3) is 0 Å². The number of nitrogens with zero attached hydrogens (tertiary/aromatic N) is 1. The van der Waals surface area contributed by atoms with Gasteiger partial charge in [-0.1, -0.05) is 6.07 Å². The SMILES string of the molecule is O=C(C[C@H]1CCCN1S(=O)(=O)[C@H]1CCCOC1)c1cccs1. The zero-order chi connectivity index (χ0) is 15.6. The third kappa shape index (κ3) is 3.27. The largest absolute Gasteiger partial charge is 0.380 e. The van der Waals surface area contributed by atoms with E-state index in [4.69, 9.17) is 4.74 Å². The second kappa shape index (κ2) is 6.78. The normalized spacial score (nSPS) is 27.1. The first kappa shape index (κ1) is 16.1. The number of Topliss-reactive ketones (excluding diaryl/α,β-unsaturated/α-hetero) is 1. The molecule has 1 aromatic heterocycles. The molecule has 2 aliphatic rings. The lowest BCUT2D eigenvalue weighted by molar-refractivity contribution is 0.0948. The second-order valence-electron chi connectivity index (χ2n) is 5.90. The summed E-state index contributed by atoms with van der Waals surface area (Å²) in [5.41, 5.74) is 0. The van der Waals surface area contributed by atoms with Gasteiger partial charge in [0.2, 0.25) is 10.0 Å². The average molecular weight is 343 g/mol. The first-order valence-corrected chi connectivity index (χ1v) is 10.1. The Morgan fingerprint density at radius 2 is 2.23 bits per heavy atom. The van der Waals surface area contributed by atoms with Crippen molar-refractivity contribution in [2.45, 2.75) is 43.4 Å². The summed E-state index contributed by atoms with van der Waals surface area (Å²) in [7, 11) is -3.37. The van der Waals surface area contributed by atoms with Gasteiger partial charge in [0, 0.05) is 25.6 Å². The van der Waals surface area contributed by atoms with Crippen LogP contribution in [-0.4, -0.2) is 49.6 Å². The Labute approximate surface area is 135 Å². The fourth-order valence-electron chi connectivity index (χ4n) is 3.24. The van der Waals surface area contributed by atoms with Crippen LogP contribution in [0.1, 0.15) is 41.8 Å². The summed E-state index contributed by atoms with van der Waals surface area (Å²) in [6, 6.07) is 3.46. The van der Waals surface area contributed by atoms with Crippen LogP contribution in [0, 0.1) is 0 Å². The summed E-state index contributed by atoms with van der Waals surface area (Å²) in [6.45, 7) is 1.46. The quantitative estimate of drug-likeness (QED) is 0.770. The van der Waals surface area contributed by atoms with Gasteiger partial charge in [0.05, 0.1) is 16.7 Å². The van der Waals surface area contributed by atoms with Crippen molar-refractivity contribution in [1.29, 1.82) is 0 Å². The summed E-state index contributed by atoms with van der Waals surface area (Å²) in [6.07, 6.45) is 3.33. The molecule has 3 heterocycles. The Morgan fingerprint density at radius 3 is 2.91 bits per heavy atom. The van der Waals surface area contributed by atoms with Gasteiger partial charge in [-0.25, -0.2) is 8.42 Å². The van der Waals surface area contributed by atoms with Crippen molar-refractivity contribution in [3.63, 3.8) is 0 Å². The molecule has 1 aromatic rings. The maximum atomic E-state index is 12.8. The molecular formula is C15H21NO4S2. The summed E-state index contributed by atoms with van der Waals surface area (Å²) in [5, 5.41) is 1.43. The molecule has 0 amide bonds. The van der Waals surface area contributed by atoms with E-state index in [1.54, 1.807) is 10.4 Å². The van der Waals surface area contributed by atoms with Crippen molar-refractivity contribution >= 4 is 27.1 Å². The highest BCUT2D eigenvalue weighted by molar-refractivity contribution is 7.89. The number of thiophene rings is 1. The van der Waals surface area contributed by atoms with Gasteiger partial charge < -0.3 is 4.74 Å². The summed E-state index contributed by atoms with van der Waals surface area (Å²) in [5.74, 6) is 0.0435. The van der Waals surface area contributed by atoms with Crippen molar-refractivity contribution in [1.82, 2.24) is 4.31 Å². The Hall–Kier alpha value is -0.760. The zero-order valence-corrected chi connectivity index (χ0v) is 14.1. The van der Waals surface area contributed by atoms with Crippen molar-refractivity contribution in [2.24, 2.45) is 0 Å². The van der Waals surface area contributed by atoms with Gasteiger partial charge in [-0.2, -0.15) is 4.31 Å². The molecule has 5 nitrogen and oxygen atoms in total. The highest BCUT2D eigenvalue weighted by Crippen LogP contribution is 2.29. The monoisotopic (exact) mass is 343 g/mol. The molecule has 0 aromatic carbocycles. The van der Waals surface area contributed by atoms with Gasteiger partial charge in [-0.05, 0) is 37.1 Å². The zero-order valence-electron chi connectivity index (χ0n) is 12.4. The maximum Gasteiger partial charge on any atom is 0.219 e. The lowest BCUT2D eigenvalue weighted by atomic mass is 10.1. The summed E-state index contributed by atoms with van der Waals surface area (Å²) >= 11 is 1.41. The van der Waals surface area contributed by atoms with Crippen LogP contribution in [-0.2, 0) is 14.8 Å². The Kier molecular flexibility index (Phi) is 4.97. The first-order chi connectivity index (χ1) is 10.6. The predicted molar refractivity (Wildman–Crippen MR) is 85.8 cm³/mol. The van der Waals surface area contributed by atoms with Crippen LogP contribution in [0.3, 0.4) is 0 Å². The number of ether oxygens (including phenoxy) is 1. The Balaban J connectivity index is 1.71. The van der Waals surface area contributed by atoms with Crippen LogP contribution in [0.25, 0.3) is 0 Å². The molecular weight excluding hydrogens is 322 g/mol. The van der Waals surface area contributed by atoms with Gasteiger partial charge in [0.15, 0.2) is 5.78 Å². The lowest BCUT2D eigenvalue weighted by Crippen LogP contribution is -2.45. The minimum absolute atomic E-state index is 0.0435. The van der Waals surface area contributed by atoms with Crippen LogP contribution in [0.15, 0.2) is 17.5 Å². The molecule has 0 radical (unpaired) electrons. The molecule has 0 aliphatic carbocycles. The van der Waals surface area contributed by atoms with E-state index in [9.17, 15) is 13.2 Å². The second-order valence-corrected chi connectivity index (χ2v) is 9.01. The van der Waals surface area contributed by atoms with Crippen LogP contribution in [0.5, 0.6) is 0 Å². The van der Waals surface area contributed by atoms with E-state index in [-0.39, 0.29) is 24.9 Å². The van der Waals surface area contributed by atoms with E-state index in [1.807, 2.05) is 11.4 Å². The number of carbonyl (C=O) groups excluding carboxylic acids is 1. The fraction of sp³-hybridized carbons (Fsp3) is 0.667. The minimum Gasteiger partial charge on any atom is -0.380 e. The molecule has 0 N–H and O–H groups in total. The molecule has 2 aliphatic heterocycles. The standard InChI is InChI=1S/C15H21NO4S2/c17-14(15-6-3-9-21-15)10-12-4-1-7-16(12)22(18,19)13-5-2-8-20-11-13/h3,6,9,12-13H,1-2,4-5,7-8,10-11H2/t12-,13+/m1/s1. The maximum absolute atomic E-state index is 12.8. The molecule has 2 atom stereocenters. The molecule has 3 rings (SSSR count). The molecule has 2 saturated heterocycles. The molecule has 0 saturated carbocycles. The molecule has 2 fully saturated rings. The number of rotatable bonds is 5. The van der Waals surface area contributed by atoms with E-state index in [1.165, 1.54) is 11.3 Å². The number of hydrogen-bond donors (Lipinski definition) is 0. The smallest absolute Gasteiger partial charge is 0.219 e. The Morgan fingerprint density at radius 1 is 1.36 bits per heavy atom. The Bertz CT molecular complexity index is 605. The van der Waals surface area contributed by atoms with E-state index >= 15 is 0 Å². The van der Waals surface area contributed by atoms with Crippen molar-refractivity contribution in [2.75, 3.05) is 19.8 Å².